The van der Waals surface area contributed by atoms with Crippen molar-refractivity contribution < 1.29 is 15.0 Å². The highest BCUT2D eigenvalue weighted by Crippen LogP contribution is 2.33. The Morgan fingerprint density at radius 3 is 2.31 bits per heavy atom. The first-order valence-corrected chi connectivity index (χ1v) is 14.7. The summed E-state index contributed by atoms with van der Waals surface area (Å²) in [5.74, 6) is -0.167. The van der Waals surface area contributed by atoms with Crippen molar-refractivity contribution in [1.82, 2.24) is 9.62 Å². The number of carbonyl (C=O) groups is 1. The Labute approximate surface area is 237 Å². The van der Waals surface area contributed by atoms with Crippen molar-refractivity contribution in [3.8, 4) is 11.1 Å². The number of aliphatic hydroxyl groups excluding tert-OH is 1. The summed E-state index contributed by atoms with van der Waals surface area (Å²) >= 11 is 1.67. The monoisotopic (exact) mass is 546 g/mol. The quantitative estimate of drug-likeness (QED) is 0.228. The molecule has 1 aliphatic rings. The highest BCUT2D eigenvalue weighted by atomic mass is 32.2. The molecular weight excluding hydrogens is 504 g/mol. The summed E-state index contributed by atoms with van der Waals surface area (Å²) in [6.07, 6.45) is 3.88. The zero-order valence-electron chi connectivity index (χ0n) is 23.6. The van der Waals surface area contributed by atoms with Gasteiger partial charge in [-0.3, -0.25) is 4.79 Å². The molecule has 39 heavy (non-hydrogen) atoms. The van der Waals surface area contributed by atoms with Crippen LogP contribution in [0.15, 0.2) is 71.6 Å². The fraction of sp³-hybridized carbons (Fsp3) is 0.424. The number of hydrogen-bond acceptors (Lipinski definition) is 5. The van der Waals surface area contributed by atoms with E-state index in [9.17, 15) is 9.90 Å². The van der Waals surface area contributed by atoms with Gasteiger partial charge in [0.1, 0.15) is 0 Å². The van der Waals surface area contributed by atoms with Crippen LogP contribution in [0.1, 0.15) is 49.4 Å². The molecule has 0 saturated carbocycles. The summed E-state index contributed by atoms with van der Waals surface area (Å²) < 4.78 is 2.11. The Bertz CT molecular complexity index is 1230. The SMILES string of the molecule is CCc1cc(-c2ccc(CC(=O)O)cc2)ccc1SN(C)C[C@H](O)CNC(C)(C)CC1Cc2ccccc2C1. The minimum absolute atomic E-state index is 0.0313. The lowest BCUT2D eigenvalue weighted by molar-refractivity contribution is -0.136. The van der Waals surface area contributed by atoms with Gasteiger partial charge >= 0.3 is 5.97 Å². The van der Waals surface area contributed by atoms with E-state index in [4.69, 9.17) is 5.11 Å². The van der Waals surface area contributed by atoms with Gasteiger partial charge in [0.2, 0.25) is 0 Å². The maximum atomic E-state index is 11.0. The molecule has 0 fully saturated rings. The third-order valence-electron chi connectivity index (χ3n) is 7.56. The van der Waals surface area contributed by atoms with Crippen LogP contribution >= 0.6 is 11.9 Å². The average molecular weight is 547 g/mol. The molecule has 208 valence electrons. The average Bonchev–Trinajstić information content (AvgIpc) is 3.29. The molecule has 3 N–H and O–H groups in total. The minimum Gasteiger partial charge on any atom is -0.481 e. The number of aliphatic hydroxyl groups is 1. The molecule has 0 unspecified atom stereocenters. The topological polar surface area (TPSA) is 72.8 Å². The number of likely N-dealkylation sites (N-methyl/N-ethyl adjacent to an activating group) is 1. The van der Waals surface area contributed by atoms with E-state index in [1.807, 2.05) is 31.3 Å². The third kappa shape index (κ3) is 8.42. The molecule has 0 radical (unpaired) electrons. The molecular formula is C33H42N2O3S. The van der Waals surface area contributed by atoms with Crippen LogP contribution in [0, 0.1) is 5.92 Å². The van der Waals surface area contributed by atoms with Crippen LogP contribution in [0.4, 0.5) is 0 Å². The minimum atomic E-state index is -0.818. The van der Waals surface area contributed by atoms with Crippen molar-refractivity contribution >= 4 is 17.9 Å². The summed E-state index contributed by atoms with van der Waals surface area (Å²) in [5, 5.41) is 23.4. The Balaban J connectivity index is 1.27. The van der Waals surface area contributed by atoms with Gasteiger partial charge in [-0.25, -0.2) is 4.31 Å². The number of aryl methyl sites for hydroxylation is 1. The van der Waals surface area contributed by atoms with E-state index in [0.29, 0.717) is 19.0 Å². The van der Waals surface area contributed by atoms with E-state index in [0.717, 1.165) is 42.4 Å². The number of fused-ring (bicyclic) bond motifs is 1. The molecule has 0 spiro atoms. The second-order valence-electron chi connectivity index (χ2n) is 11.5. The summed E-state index contributed by atoms with van der Waals surface area (Å²) in [6, 6.07) is 23.0. The molecule has 1 atom stereocenters. The first-order chi connectivity index (χ1) is 18.6. The van der Waals surface area contributed by atoms with Crippen LogP contribution in [0.5, 0.6) is 0 Å². The Morgan fingerprint density at radius 2 is 1.69 bits per heavy atom. The molecule has 0 aromatic heterocycles. The Hall–Kier alpha value is -2.64. The highest BCUT2D eigenvalue weighted by molar-refractivity contribution is 7.97. The Kier molecular flexibility index (Phi) is 9.89. The zero-order chi connectivity index (χ0) is 28.0. The number of carboxylic acid groups (broad SMARTS) is 1. The molecule has 6 heteroatoms. The zero-order valence-corrected chi connectivity index (χ0v) is 24.4. The number of hydrogen-bond donors (Lipinski definition) is 3. The number of rotatable bonds is 13. The van der Waals surface area contributed by atoms with E-state index in [1.165, 1.54) is 21.6 Å². The van der Waals surface area contributed by atoms with Crippen LogP contribution < -0.4 is 5.32 Å². The lowest BCUT2D eigenvalue weighted by Gasteiger charge is -2.31. The van der Waals surface area contributed by atoms with Crippen LogP contribution in [-0.4, -0.2) is 52.3 Å². The van der Waals surface area contributed by atoms with Gasteiger partial charge in [0.25, 0.3) is 0 Å². The van der Waals surface area contributed by atoms with Gasteiger partial charge in [0, 0.05) is 23.5 Å². The predicted molar refractivity (Wildman–Crippen MR) is 161 cm³/mol. The van der Waals surface area contributed by atoms with Crippen LogP contribution in [0.2, 0.25) is 0 Å². The molecule has 1 aliphatic carbocycles. The van der Waals surface area contributed by atoms with Gasteiger partial charge in [0.05, 0.1) is 12.5 Å². The van der Waals surface area contributed by atoms with Crippen LogP contribution in [-0.2, 0) is 30.5 Å². The predicted octanol–water partition coefficient (Wildman–Crippen LogP) is 6.02. The summed E-state index contributed by atoms with van der Waals surface area (Å²) in [5.41, 5.74) is 7.21. The summed E-state index contributed by atoms with van der Waals surface area (Å²) in [6.45, 7) is 7.78. The largest absolute Gasteiger partial charge is 0.481 e. The van der Waals surface area contributed by atoms with Crippen LogP contribution in [0.25, 0.3) is 11.1 Å². The molecule has 3 aromatic carbocycles. The second-order valence-corrected chi connectivity index (χ2v) is 12.8. The van der Waals surface area contributed by atoms with E-state index >= 15 is 0 Å². The molecule has 0 bridgehead atoms. The number of β-amino-alcohol motifs (C(OH)–C–C–N with tert-alkyl or cyclic N) is 1. The molecule has 0 amide bonds. The van der Waals surface area contributed by atoms with Crippen molar-refractivity contribution in [2.75, 3.05) is 20.1 Å². The summed E-state index contributed by atoms with van der Waals surface area (Å²) in [7, 11) is 2.03. The highest BCUT2D eigenvalue weighted by Gasteiger charge is 2.28. The van der Waals surface area contributed by atoms with Crippen molar-refractivity contribution in [2.45, 2.75) is 69.4 Å². The number of carboxylic acids is 1. The van der Waals surface area contributed by atoms with E-state index in [1.54, 1.807) is 11.9 Å². The maximum Gasteiger partial charge on any atom is 0.307 e. The first-order valence-electron chi connectivity index (χ1n) is 13.9. The van der Waals surface area contributed by atoms with Crippen molar-refractivity contribution in [3.05, 3.63) is 89.0 Å². The molecule has 0 saturated heterocycles. The smallest absolute Gasteiger partial charge is 0.307 e. The van der Waals surface area contributed by atoms with Crippen molar-refractivity contribution in [2.24, 2.45) is 5.92 Å². The lowest BCUT2D eigenvalue weighted by Crippen LogP contribution is -2.46. The Morgan fingerprint density at radius 1 is 1.05 bits per heavy atom. The van der Waals surface area contributed by atoms with Gasteiger partial charge < -0.3 is 15.5 Å². The lowest BCUT2D eigenvalue weighted by atomic mass is 9.88. The summed E-state index contributed by atoms with van der Waals surface area (Å²) in [4.78, 5) is 12.1. The van der Waals surface area contributed by atoms with E-state index in [-0.39, 0.29) is 12.0 Å². The number of aliphatic carboxylic acids is 1. The normalized spacial score (nSPS) is 14.5. The molecule has 0 aliphatic heterocycles. The second kappa shape index (κ2) is 13.1. The van der Waals surface area contributed by atoms with Gasteiger partial charge in [-0.05, 0) is 104 Å². The third-order valence-corrected chi connectivity index (χ3v) is 8.61. The molecule has 3 aromatic rings. The van der Waals surface area contributed by atoms with Crippen molar-refractivity contribution in [3.63, 3.8) is 0 Å². The number of nitrogens with zero attached hydrogens (tertiary/aromatic N) is 1. The molecule has 5 nitrogen and oxygen atoms in total. The number of benzene rings is 3. The maximum absolute atomic E-state index is 11.0. The van der Waals surface area contributed by atoms with Gasteiger partial charge in [-0.15, -0.1) is 0 Å². The van der Waals surface area contributed by atoms with E-state index in [2.05, 4.69) is 72.9 Å². The van der Waals surface area contributed by atoms with Crippen LogP contribution in [0.3, 0.4) is 0 Å². The van der Waals surface area contributed by atoms with E-state index < -0.39 is 12.1 Å². The molecule has 4 rings (SSSR count). The fourth-order valence-corrected chi connectivity index (χ4v) is 6.69. The first kappa shape index (κ1) is 29.3. The van der Waals surface area contributed by atoms with Gasteiger partial charge in [-0.1, -0.05) is 67.6 Å². The molecule has 0 heterocycles. The van der Waals surface area contributed by atoms with Gasteiger partial charge in [0.15, 0.2) is 0 Å². The van der Waals surface area contributed by atoms with Crippen molar-refractivity contribution in [1.29, 1.82) is 0 Å². The fourth-order valence-electron chi connectivity index (χ4n) is 5.66. The standard InChI is InChI=1S/C33H42N2O3S/c1-5-25-19-29(26-12-10-23(11-13-26)18-32(37)38)14-15-31(25)39-35(4)22-30(36)21-34-33(2,3)20-24-16-27-8-6-7-9-28(27)17-24/h6-15,19,24,30,34,36H,5,16-18,20-22H2,1-4H3,(H,37,38)/t30-/m1/s1. The van der Waals surface area contributed by atoms with Gasteiger partial charge in [-0.2, -0.15) is 0 Å². The number of nitrogens with one attached hydrogen (secondary N) is 1.